The van der Waals surface area contributed by atoms with Crippen molar-refractivity contribution in [3.8, 4) is 0 Å². The molecule has 1 heterocycles. The van der Waals surface area contributed by atoms with Gasteiger partial charge in [0.05, 0.1) is 6.61 Å². The van der Waals surface area contributed by atoms with E-state index in [1.807, 2.05) is 7.05 Å². The molecule has 0 aromatic heterocycles. The minimum atomic E-state index is 0. The number of rotatable bonds is 7. The van der Waals surface area contributed by atoms with Gasteiger partial charge in [0.15, 0.2) is 5.96 Å². The molecule has 0 aromatic carbocycles. The van der Waals surface area contributed by atoms with Crippen molar-refractivity contribution in [3.63, 3.8) is 0 Å². The summed E-state index contributed by atoms with van der Waals surface area (Å²) in [7, 11) is 3.53. The molecule has 2 atom stereocenters. The summed E-state index contributed by atoms with van der Waals surface area (Å²) < 4.78 is 5.12. The van der Waals surface area contributed by atoms with Crippen LogP contribution >= 0.6 is 24.0 Å². The summed E-state index contributed by atoms with van der Waals surface area (Å²) in [4.78, 5) is 6.84. The molecule has 2 N–H and O–H groups in total. The van der Waals surface area contributed by atoms with Crippen molar-refractivity contribution in [1.29, 1.82) is 0 Å². The molecule has 1 aliphatic rings. The number of halogens is 1. The van der Waals surface area contributed by atoms with Crippen molar-refractivity contribution in [2.24, 2.45) is 10.9 Å². The monoisotopic (exact) mass is 412 g/mol. The zero-order valence-electron chi connectivity index (χ0n) is 14.0. The van der Waals surface area contributed by atoms with E-state index in [2.05, 4.69) is 34.4 Å². The molecule has 1 saturated heterocycles. The van der Waals surface area contributed by atoms with Crippen LogP contribution in [0.3, 0.4) is 0 Å². The van der Waals surface area contributed by atoms with Crippen molar-refractivity contribution in [2.45, 2.75) is 39.2 Å². The van der Waals surface area contributed by atoms with E-state index in [9.17, 15) is 0 Å². The molecule has 6 heteroatoms. The van der Waals surface area contributed by atoms with E-state index in [0.717, 1.165) is 12.5 Å². The van der Waals surface area contributed by atoms with Crippen LogP contribution in [0.25, 0.3) is 0 Å². The fourth-order valence-corrected chi connectivity index (χ4v) is 2.64. The van der Waals surface area contributed by atoms with Crippen LogP contribution < -0.4 is 10.6 Å². The summed E-state index contributed by atoms with van der Waals surface area (Å²) >= 11 is 0. The molecule has 0 radical (unpaired) electrons. The molecule has 0 bridgehead atoms. The molecule has 0 saturated carbocycles. The summed E-state index contributed by atoms with van der Waals surface area (Å²) in [5.74, 6) is 1.49. The lowest BCUT2D eigenvalue weighted by molar-refractivity contribution is 0.178. The summed E-state index contributed by atoms with van der Waals surface area (Å²) in [5.41, 5.74) is 0. The van der Waals surface area contributed by atoms with E-state index in [0.29, 0.717) is 12.5 Å². The Hall–Kier alpha value is -0.0800. The van der Waals surface area contributed by atoms with Gasteiger partial charge in [0.2, 0.25) is 0 Å². The molecule has 0 aliphatic carbocycles. The van der Waals surface area contributed by atoms with Gasteiger partial charge in [-0.05, 0) is 38.8 Å². The van der Waals surface area contributed by atoms with Crippen LogP contribution in [-0.4, -0.2) is 63.8 Å². The highest BCUT2D eigenvalue weighted by atomic mass is 127. The molecule has 0 amide bonds. The van der Waals surface area contributed by atoms with Crippen molar-refractivity contribution in [1.82, 2.24) is 15.5 Å². The second-order valence-electron chi connectivity index (χ2n) is 5.92. The Kier molecular flexibility index (Phi) is 12.4. The minimum Gasteiger partial charge on any atom is -0.383 e. The first-order valence-corrected chi connectivity index (χ1v) is 7.84. The van der Waals surface area contributed by atoms with E-state index in [1.165, 1.54) is 38.9 Å². The fraction of sp³-hybridized carbons (Fsp3) is 0.933. The van der Waals surface area contributed by atoms with E-state index < -0.39 is 0 Å². The Balaban J connectivity index is 0.00000400. The van der Waals surface area contributed by atoms with Gasteiger partial charge in [-0.1, -0.05) is 13.3 Å². The summed E-state index contributed by atoms with van der Waals surface area (Å²) in [6, 6.07) is 0.267. The molecule has 2 unspecified atom stereocenters. The average molecular weight is 412 g/mol. The number of nitrogens with one attached hydrogen (secondary N) is 2. The number of ether oxygens (including phenoxy) is 1. The third-order valence-corrected chi connectivity index (χ3v) is 3.66. The Bertz CT molecular complexity index is 283. The third-order valence-electron chi connectivity index (χ3n) is 3.66. The second-order valence-corrected chi connectivity index (χ2v) is 5.92. The molecule has 1 rings (SSSR count). The van der Waals surface area contributed by atoms with Crippen LogP contribution in [0, 0.1) is 5.92 Å². The Labute approximate surface area is 147 Å². The average Bonchev–Trinajstić information content (AvgIpc) is 2.44. The Morgan fingerprint density at radius 1 is 1.24 bits per heavy atom. The van der Waals surface area contributed by atoms with Gasteiger partial charge in [-0.15, -0.1) is 24.0 Å². The van der Waals surface area contributed by atoms with Crippen LogP contribution in [0.2, 0.25) is 0 Å². The van der Waals surface area contributed by atoms with Crippen LogP contribution in [0.15, 0.2) is 4.99 Å². The second kappa shape index (κ2) is 12.5. The molecule has 1 fully saturated rings. The van der Waals surface area contributed by atoms with Crippen LogP contribution in [-0.2, 0) is 4.74 Å². The zero-order valence-corrected chi connectivity index (χ0v) is 16.4. The number of likely N-dealkylation sites (tertiary alicyclic amines) is 1. The highest BCUT2D eigenvalue weighted by Gasteiger charge is 2.14. The summed E-state index contributed by atoms with van der Waals surface area (Å²) in [5, 5.41) is 6.73. The number of nitrogens with zero attached hydrogens (tertiary/aromatic N) is 2. The van der Waals surface area contributed by atoms with Gasteiger partial charge in [-0.3, -0.25) is 4.99 Å². The standard InChI is InChI=1S/C15H32N4O.HI/c1-13(11-19-8-6-5-7-9-19)10-17-15(16-3)18-14(2)12-20-4;/h13-14H,5-12H2,1-4H3,(H2,16,17,18);1H. The third kappa shape index (κ3) is 9.52. The first kappa shape index (κ1) is 20.9. The van der Waals surface area contributed by atoms with Crippen molar-refractivity contribution >= 4 is 29.9 Å². The highest BCUT2D eigenvalue weighted by Crippen LogP contribution is 2.10. The molecular formula is C15H33IN4O. The largest absolute Gasteiger partial charge is 0.383 e. The van der Waals surface area contributed by atoms with Crippen molar-refractivity contribution in [2.75, 3.05) is 46.9 Å². The van der Waals surface area contributed by atoms with Gasteiger partial charge >= 0.3 is 0 Å². The van der Waals surface area contributed by atoms with E-state index >= 15 is 0 Å². The van der Waals surface area contributed by atoms with Gasteiger partial charge in [0, 0.05) is 33.3 Å². The van der Waals surface area contributed by atoms with Crippen LogP contribution in [0.5, 0.6) is 0 Å². The van der Waals surface area contributed by atoms with Crippen molar-refractivity contribution < 1.29 is 4.74 Å². The summed E-state index contributed by atoms with van der Waals surface area (Å²) in [6.45, 7) is 9.74. The molecule has 21 heavy (non-hydrogen) atoms. The van der Waals surface area contributed by atoms with Gasteiger partial charge in [-0.25, -0.2) is 0 Å². The molecule has 5 nitrogen and oxygen atoms in total. The maximum Gasteiger partial charge on any atom is 0.191 e. The lowest BCUT2D eigenvalue weighted by atomic mass is 10.1. The number of methoxy groups -OCH3 is 1. The summed E-state index contributed by atoms with van der Waals surface area (Å²) in [6.07, 6.45) is 4.12. The van der Waals surface area contributed by atoms with Crippen LogP contribution in [0.1, 0.15) is 33.1 Å². The van der Waals surface area contributed by atoms with Crippen LogP contribution in [0.4, 0.5) is 0 Å². The normalized spacial score (nSPS) is 19.5. The molecule has 126 valence electrons. The maximum atomic E-state index is 5.12. The fourth-order valence-electron chi connectivity index (χ4n) is 2.64. The quantitative estimate of drug-likeness (QED) is 0.381. The van der Waals surface area contributed by atoms with E-state index in [4.69, 9.17) is 4.74 Å². The predicted molar refractivity (Wildman–Crippen MR) is 101 cm³/mol. The predicted octanol–water partition coefficient (Wildman–Crippen LogP) is 1.93. The van der Waals surface area contributed by atoms with E-state index in [-0.39, 0.29) is 30.0 Å². The molecule has 0 aromatic rings. The minimum absolute atomic E-state index is 0. The van der Waals surface area contributed by atoms with Gasteiger partial charge in [0.25, 0.3) is 0 Å². The van der Waals surface area contributed by atoms with Gasteiger partial charge in [-0.2, -0.15) is 0 Å². The smallest absolute Gasteiger partial charge is 0.191 e. The number of hydrogen-bond donors (Lipinski definition) is 2. The Morgan fingerprint density at radius 2 is 1.90 bits per heavy atom. The Morgan fingerprint density at radius 3 is 2.48 bits per heavy atom. The van der Waals surface area contributed by atoms with Crippen molar-refractivity contribution in [3.05, 3.63) is 0 Å². The van der Waals surface area contributed by atoms with Gasteiger partial charge < -0.3 is 20.3 Å². The number of hydrogen-bond acceptors (Lipinski definition) is 3. The molecule has 0 spiro atoms. The number of piperidine rings is 1. The lowest BCUT2D eigenvalue weighted by Gasteiger charge is -2.29. The number of aliphatic imine (C=N–C) groups is 1. The first-order valence-electron chi connectivity index (χ1n) is 7.84. The molecule has 1 aliphatic heterocycles. The number of guanidine groups is 1. The first-order chi connectivity index (χ1) is 9.65. The highest BCUT2D eigenvalue weighted by molar-refractivity contribution is 14.0. The van der Waals surface area contributed by atoms with E-state index in [1.54, 1.807) is 7.11 Å². The zero-order chi connectivity index (χ0) is 14.8. The maximum absolute atomic E-state index is 5.12. The van der Waals surface area contributed by atoms with Gasteiger partial charge in [0.1, 0.15) is 0 Å². The lowest BCUT2D eigenvalue weighted by Crippen LogP contribution is -2.46. The topological polar surface area (TPSA) is 48.9 Å². The molecular weight excluding hydrogens is 379 g/mol. The SMILES string of the molecule is CN=C(NCC(C)CN1CCCCC1)NC(C)COC.I.